The van der Waals surface area contributed by atoms with E-state index in [1.54, 1.807) is 0 Å². The fourth-order valence-corrected chi connectivity index (χ4v) is 2.89. The van der Waals surface area contributed by atoms with Gasteiger partial charge in [0, 0.05) is 0 Å². The molecule has 18 heavy (non-hydrogen) atoms. The number of halogens is 1. The summed E-state index contributed by atoms with van der Waals surface area (Å²) in [4.78, 5) is 0. The molecular formula is C16H21FO. The smallest absolute Gasteiger partial charge is 0.123 e. The maximum Gasteiger partial charge on any atom is 0.123 e. The van der Waals surface area contributed by atoms with E-state index in [0.717, 1.165) is 24.8 Å². The molecule has 2 rings (SSSR count). The Labute approximate surface area is 108 Å². The molecule has 0 aliphatic heterocycles. The van der Waals surface area contributed by atoms with Crippen molar-refractivity contribution in [2.75, 3.05) is 0 Å². The highest BCUT2D eigenvalue weighted by atomic mass is 19.1. The first-order valence-corrected chi connectivity index (χ1v) is 6.51. The number of aliphatic hydroxyl groups is 1. The van der Waals surface area contributed by atoms with Gasteiger partial charge in [0.1, 0.15) is 5.82 Å². The second-order valence-electron chi connectivity index (χ2n) is 5.92. The van der Waals surface area contributed by atoms with Crippen molar-refractivity contribution < 1.29 is 9.50 Å². The van der Waals surface area contributed by atoms with Gasteiger partial charge in [-0.25, -0.2) is 4.39 Å². The van der Waals surface area contributed by atoms with Gasteiger partial charge >= 0.3 is 0 Å². The number of rotatable bonds is 2. The van der Waals surface area contributed by atoms with Gasteiger partial charge in [-0.3, -0.25) is 0 Å². The molecular weight excluding hydrogens is 227 g/mol. The predicted octanol–water partition coefficient (Wildman–Crippen LogP) is 3.72. The van der Waals surface area contributed by atoms with E-state index in [0.29, 0.717) is 0 Å². The van der Waals surface area contributed by atoms with E-state index in [1.807, 2.05) is 12.1 Å². The van der Waals surface area contributed by atoms with Crippen LogP contribution in [0.5, 0.6) is 0 Å². The van der Waals surface area contributed by atoms with E-state index < -0.39 is 0 Å². The summed E-state index contributed by atoms with van der Waals surface area (Å²) in [5.74, 6) is 0.0484. The average molecular weight is 248 g/mol. The molecule has 98 valence electrons. The first-order valence-electron chi connectivity index (χ1n) is 6.51. The predicted molar refractivity (Wildman–Crippen MR) is 71.8 cm³/mol. The van der Waals surface area contributed by atoms with Crippen LogP contribution in [0.3, 0.4) is 0 Å². The Bertz CT molecular complexity index is 433. The quantitative estimate of drug-likeness (QED) is 0.791. The molecule has 0 spiro atoms. The zero-order valence-electron chi connectivity index (χ0n) is 11.1. The molecule has 1 aliphatic rings. The summed E-state index contributed by atoms with van der Waals surface area (Å²) in [6, 6.07) is 6.62. The Hall–Kier alpha value is -1.15. The lowest BCUT2D eigenvalue weighted by molar-refractivity contribution is -0.00632. The summed E-state index contributed by atoms with van der Waals surface area (Å²) in [5.41, 5.74) is 2.14. The second kappa shape index (κ2) is 4.85. The molecule has 1 nitrogen and oxygen atoms in total. The topological polar surface area (TPSA) is 20.2 Å². The Kier molecular flexibility index (Phi) is 3.58. The van der Waals surface area contributed by atoms with Crippen molar-refractivity contribution in [3.05, 3.63) is 47.8 Å². The van der Waals surface area contributed by atoms with E-state index in [9.17, 15) is 9.50 Å². The molecule has 1 N–H and O–H groups in total. The minimum absolute atomic E-state index is 0.163. The van der Waals surface area contributed by atoms with Crippen molar-refractivity contribution in [2.45, 2.75) is 39.2 Å². The number of hydrogen-bond donors (Lipinski definition) is 1. The summed E-state index contributed by atoms with van der Waals surface area (Å²) in [6.45, 7) is 8.34. The fourth-order valence-electron chi connectivity index (χ4n) is 2.89. The van der Waals surface area contributed by atoms with E-state index in [2.05, 4.69) is 20.4 Å². The fraction of sp³-hybridized carbons (Fsp3) is 0.500. The van der Waals surface area contributed by atoms with E-state index in [4.69, 9.17) is 0 Å². The van der Waals surface area contributed by atoms with Gasteiger partial charge in [0.15, 0.2) is 0 Å². The normalized spacial score (nSPS) is 27.2. The van der Waals surface area contributed by atoms with Crippen LogP contribution < -0.4 is 0 Å². The maximum absolute atomic E-state index is 12.9. The standard InChI is InChI=1S/C16H21FO/c1-11-4-9-15(18)16(2,3)14(11)10-12-5-7-13(17)8-6-12/h5-8,14-15,18H,1,4,9-10H2,2-3H3/t14-,15+/m1/s1. The molecule has 1 saturated carbocycles. The van der Waals surface area contributed by atoms with Gasteiger partial charge in [-0.05, 0) is 48.3 Å². The van der Waals surface area contributed by atoms with Crippen molar-refractivity contribution in [3.63, 3.8) is 0 Å². The molecule has 0 unspecified atom stereocenters. The van der Waals surface area contributed by atoms with Crippen LogP contribution in [0.2, 0.25) is 0 Å². The molecule has 1 aromatic rings. The Morgan fingerprint density at radius 3 is 2.56 bits per heavy atom. The summed E-state index contributed by atoms with van der Waals surface area (Å²) < 4.78 is 12.9. The highest BCUT2D eigenvalue weighted by molar-refractivity contribution is 5.22. The van der Waals surface area contributed by atoms with Gasteiger partial charge in [-0.15, -0.1) is 0 Å². The average Bonchev–Trinajstić information content (AvgIpc) is 2.32. The lowest BCUT2D eigenvalue weighted by Gasteiger charge is -2.44. The largest absolute Gasteiger partial charge is 0.393 e. The van der Waals surface area contributed by atoms with Gasteiger partial charge in [-0.2, -0.15) is 0 Å². The van der Waals surface area contributed by atoms with Gasteiger partial charge in [0.25, 0.3) is 0 Å². The Morgan fingerprint density at radius 2 is 1.94 bits per heavy atom. The van der Waals surface area contributed by atoms with Gasteiger partial charge in [0.2, 0.25) is 0 Å². The molecule has 0 heterocycles. The van der Waals surface area contributed by atoms with Crippen molar-refractivity contribution in [3.8, 4) is 0 Å². The van der Waals surface area contributed by atoms with Crippen LogP contribution in [0, 0.1) is 17.2 Å². The lowest BCUT2D eigenvalue weighted by atomic mass is 9.63. The van der Waals surface area contributed by atoms with E-state index >= 15 is 0 Å². The molecule has 1 aliphatic carbocycles. The molecule has 0 radical (unpaired) electrons. The van der Waals surface area contributed by atoms with Gasteiger partial charge < -0.3 is 5.11 Å². The van der Waals surface area contributed by atoms with Crippen LogP contribution in [0.4, 0.5) is 4.39 Å². The monoisotopic (exact) mass is 248 g/mol. The Balaban J connectivity index is 2.20. The highest BCUT2D eigenvalue weighted by Gasteiger charge is 2.40. The molecule has 0 saturated heterocycles. The summed E-state index contributed by atoms with van der Waals surface area (Å²) in [6.07, 6.45) is 2.22. The van der Waals surface area contributed by atoms with Gasteiger partial charge in [0.05, 0.1) is 6.10 Å². The van der Waals surface area contributed by atoms with Crippen LogP contribution in [0.25, 0.3) is 0 Å². The lowest BCUT2D eigenvalue weighted by Crippen LogP contribution is -2.42. The van der Waals surface area contributed by atoms with Crippen LogP contribution in [0.1, 0.15) is 32.3 Å². The van der Waals surface area contributed by atoms with Crippen LogP contribution in [0.15, 0.2) is 36.4 Å². The van der Waals surface area contributed by atoms with Crippen molar-refractivity contribution in [1.82, 2.24) is 0 Å². The summed E-state index contributed by atoms with van der Waals surface area (Å²) in [5, 5.41) is 10.1. The third-order valence-electron chi connectivity index (χ3n) is 4.34. The molecule has 1 fully saturated rings. The summed E-state index contributed by atoms with van der Waals surface area (Å²) >= 11 is 0. The molecule has 2 atom stereocenters. The number of aliphatic hydroxyl groups excluding tert-OH is 1. The van der Waals surface area contributed by atoms with Crippen molar-refractivity contribution in [1.29, 1.82) is 0 Å². The third-order valence-corrected chi connectivity index (χ3v) is 4.34. The Morgan fingerprint density at radius 1 is 1.33 bits per heavy atom. The van der Waals surface area contributed by atoms with Crippen LogP contribution >= 0.6 is 0 Å². The zero-order valence-corrected chi connectivity index (χ0v) is 11.1. The van der Waals surface area contributed by atoms with Gasteiger partial charge in [-0.1, -0.05) is 38.1 Å². The van der Waals surface area contributed by atoms with Crippen LogP contribution in [-0.4, -0.2) is 11.2 Å². The SMILES string of the molecule is C=C1CC[C@H](O)C(C)(C)[C@@H]1Cc1ccc(F)cc1. The zero-order chi connectivity index (χ0) is 13.3. The first kappa shape index (κ1) is 13.3. The molecule has 0 aromatic heterocycles. The molecule has 0 amide bonds. The van der Waals surface area contributed by atoms with Crippen molar-refractivity contribution >= 4 is 0 Å². The first-order chi connectivity index (χ1) is 8.41. The molecule has 0 bridgehead atoms. The second-order valence-corrected chi connectivity index (χ2v) is 5.92. The van der Waals surface area contributed by atoms with Crippen molar-refractivity contribution in [2.24, 2.45) is 11.3 Å². The van der Waals surface area contributed by atoms with E-state index in [1.165, 1.54) is 17.7 Å². The van der Waals surface area contributed by atoms with Crippen LogP contribution in [-0.2, 0) is 6.42 Å². The third kappa shape index (κ3) is 2.49. The highest BCUT2D eigenvalue weighted by Crippen LogP contribution is 2.44. The minimum Gasteiger partial charge on any atom is -0.393 e. The number of hydrogen-bond acceptors (Lipinski definition) is 1. The molecule has 2 heteroatoms. The maximum atomic E-state index is 12.9. The van der Waals surface area contributed by atoms with E-state index in [-0.39, 0.29) is 23.3 Å². The summed E-state index contributed by atoms with van der Waals surface area (Å²) in [7, 11) is 0. The number of benzene rings is 1. The number of allylic oxidation sites excluding steroid dienone is 1. The minimum atomic E-state index is -0.284. The molecule has 1 aromatic carbocycles.